The number of anilines is 1. The van der Waals surface area contributed by atoms with Crippen molar-refractivity contribution < 1.29 is 0 Å². The summed E-state index contributed by atoms with van der Waals surface area (Å²) in [5, 5.41) is 12.9. The molecule has 1 aliphatic carbocycles. The van der Waals surface area contributed by atoms with Crippen LogP contribution in [0.1, 0.15) is 23.5 Å². The van der Waals surface area contributed by atoms with E-state index in [2.05, 4.69) is 35.7 Å². The molecule has 94 valence electrons. The Bertz CT molecular complexity index is 631. The summed E-state index contributed by atoms with van der Waals surface area (Å²) in [7, 11) is 0. The maximum absolute atomic E-state index is 8.81. The molecular weight excluding hydrogens is 256 g/mol. The Labute approximate surface area is 117 Å². The molecule has 2 unspecified atom stereocenters. The van der Waals surface area contributed by atoms with Gasteiger partial charge in [0, 0.05) is 12.0 Å². The number of nitrogens with zero attached hydrogens (tertiary/aromatic N) is 1. The third-order valence-electron chi connectivity index (χ3n) is 3.46. The lowest BCUT2D eigenvalue weighted by atomic mass is 10.1. The fraction of sp³-hybridized carbons (Fsp3) is 0.188. The van der Waals surface area contributed by atoms with Gasteiger partial charge in [-0.05, 0) is 30.2 Å². The summed E-state index contributed by atoms with van der Waals surface area (Å²) in [5.41, 5.74) is 2.86. The van der Waals surface area contributed by atoms with E-state index in [1.807, 2.05) is 12.1 Å². The first kappa shape index (κ1) is 12.1. The monoisotopic (exact) mass is 268 g/mol. The highest BCUT2D eigenvalue weighted by atomic mass is 35.5. The number of hydrogen-bond acceptors (Lipinski definition) is 2. The van der Waals surface area contributed by atoms with E-state index in [0.29, 0.717) is 22.5 Å². The summed E-state index contributed by atoms with van der Waals surface area (Å²) < 4.78 is 0. The van der Waals surface area contributed by atoms with Crippen LogP contribution < -0.4 is 5.32 Å². The lowest BCUT2D eigenvalue weighted by molar-refractivity contribution is 1.05. The van der Waals surface area contributed by atoms with E-state index in [9.17, 15) is 0 Å². The van der Waals surface area contributed by atoms with Crippen molar-refractivity contribution in [3.63, 3.8) is 0 Å². The van der Waals surface area contributed by atoms with Crippen LogP contribution in [0, 0.1) is 11.3 Å². The molecule has 0 amide bonds. The van der Waals surface area contributed by atoms with Crippen molar-refractivity contribution >= 4 is 17.3 Å². The van der Waals surface area contributed by atoms with E-state index < -0.39 is 0 Å². The first-order valence-corrected chi connectivity index (χ1v) is 6.67. The number of rotatable bonds is 3. The minimum atomic E-state index is 0.438. The molecule has 1 saturated carbocycles. The van der Waals surface area contributed by atoms with Crippen LogP contribution in [0.5, 0.6) is 0 Å². The largest absolute Gasteiger partial charge is 0.380 e. The summed E-state index contributed by atoms with van der Waals surface area (Å²) in [6.07, 6.45) is 1.13. The Balaban J connectivity index is 1.70. The SMILES string of the molecule is N#Cc1ccc(NC2CC2c2ccccc2)c(Cl)c1. The van der Waals surface area contributed by atoms with Gasteiger partial charge in [0.05, 0.1) is 22.3 Å². The van der Waals surface area contributed by atoms with Crippen LogP contribution in [0.3, 0.4) is 0 Å². The number of halogens is 1. The Kier molecular flexibility index (Phi) is 3.15. The average molecular weight is 269 g/mol. The molecule has 3 heteroatoms. The van der Waals surface area contributed by atoms with Crippen LogP contribution in [-0.2, 0) is 0 Å². The Morgan fingerprint density at radius 3 is 2.63 bits per heavy atom. The first-order valence-electron chi connectivity index (χ1n) is 6.29. The van der Waals surface area contributed by atoms with Crippen LogP contribution in [0.4, 0.5) is 5.69 Å². The number of nitrogens with one attached hydrogen (secondary N) is 1. The fourth-order valence-corrected chi connectivity index (χ4v) is 2.56. The summed E-state index contributed by atoms with van der Waals surface area (Å²) in [5.74, 6) is 0.563. The molecule has 0 heterocycles. The van der Waals surface area contributed by atoms with Gasteiger partial charge >= 0.3 is 0 Å². The van der Waals surface area contributed by atoms with Crippen LogP contribution in [0.15, 0.2) is 48.5 Å². The van der Waals surface area contributed by atoms with Crippen molar-refractivity contribution in [2.24, 2.45) is 0 Å². The zero-order valence-electron chi connectivity index (χ0n) is 10.3. The summed E-state index contributed by atoms with van der Waals surface area (Å²) >= 11 is 6.16. The second kappa shape index (κ2) is 4.95. The standard InChI is InChI=1S/C16H13ClN2/c17-14-8-11(10-18)6-7-15(14)19-16-9-13(16)12-4-2-1-3-5-12/h1-8,13,16,19H,9H2. The first-order chi connectivity index (χ1) is 9.28. The van der Waals surface area contributed by atoms with Gasteiger partial charge in [0.1, 0.15) is 0 Å². The second-order valence-corrected chi connectivity index (χ2v) is 5.22. The Morgan fingerprint density at radius 1 is 1.16 bits per heavy atom. The molecule has 19 heavy (non-hydrogen) atoms. The quantitative estimate of drug-likeness (QED) is 0.906. The minimum absolute atomic E-state index is 0.438. The highest BCUT2D eigenvalue weighted by Gasteiger charge is 2.38. The van der Waals surface area contributed by atoms with E-state index >= 15 is 0 Å². The van der Waals surface area contributed by atoms with Gasteiger partial charge in [-0.3, -0.25) is 0 Å². The van der Waals surface area contributed by atoms with Gasteiger partial charge in [-0.15, -0.1) is 0 Å². The molecular formula is C16H13ClN2. The maximum Gasteiger partial charge on any atom is 0.0992 e. The van der Waals surface area contributed by atoms with Gasteiger partial charge in [0.15, 0.2) is 0 Å². The van der Waals surface area contributed by atoms with Crippen molar-refractivity contribution in [2.75, 3.05) is 5.32 Å². The molecule has 0 spiro atoms. The van der Waals surface area contributed by atoms with Crippen LogP contribution >= 0.6 is 11.6 Å². The molecule has 3 rings (SSSR count). The van der Waals surface area contributed by atoms with Crippen molar-refractivity contribution in [1.82, 2.24) is 0 Å². The molecule has 0 aromatic heterocycles. The number of benzene rings is 2. The number of nitriles is 1. The predicted molar refractivity (Wildman–Crippen MR) is 77.4 cm³/mol. The lowest BCUT2D eigenvalue weighted by Gasteiger charge is -2.08. The molecule has 2 aromatic rings. The topological polar surface area (TPSA) is 35.8 Å². The zero-order valence-corrected chi connectivity index (χ0v) is 11.1. The molecule has 0 saturated heterocycles. The molecule has 1 aliphatic rings. The zero-order chi connectivity index (χ0) is 13.2. The molecule has 2 atom stereocenters. The van der Waals surface area contributed by atoms with Crippen molar-refractivity contribution in [2.45, 2.75) is 18.4 Å². The van der Waals surface area contributed by atoms with Gasteiger partial charge in [-0.2, -0.15) is 5.26 Å². The van der Waals surface area contributed by atoms with E-state index in [0.717, 1.165) is 12.1 Å². The molecule has 0 bridgehead atoms. The van der Waals surface area contributed by atoms with Gasteiger partial charge in [0.25, 0.3) is 0 Å². The van der Waals surface area contributed by atoms with Crippen LogP contribution in [-0.4, -0.2) is 6.04 Å². The van der Waals surface area contributed by atoms with Crippen molar-refractivity contribution in [1.29, 1.82) is 5.26 Å². The molecule has 2 aromatic carbocycles. The van der Waals surface area contributed by atoms with E-state index in [1.54, 1.807) is 12.1 Å². The normalized spacial score (nSPS) is 20.6. The maximum atomic E-state index is 8.81. The molecule has 1 fully saturated rings. The average Bonchev–Trinajstić information content (AvgIpc) is 3.21. The smallest absolute Gasteiger partial charge is 0.0992 e. The third-order valence-corrected chi connectivity index (χ3v) is 3.77. The van der Waals surface area contributed by atoms with E-state index in [-0.39, 0.29) is 0 Å². The van der Waals surface area contributed by atoms with Gasteiger partial charge < -0.3 is 5.32 Å². The number of hydrogen-bond donors (Lipinski definition) is 1. The van der Waals surface area contributed by atoms with Gasteiger partial charge in [0.2, 0.25) is 0 Å². The Morgan fingerprint density at radius 2 is 1.95 bits per heavy atom. The highest BCUT2D eigenvalue weighted by molar-refractivity contribution is 6.33. The summed E-state index contributed by atoms with van der Waals surface area (Å²) in [6, 6.07) is 18.4. The van der Waals surface area contributed by atoms with Gasteiger partial charge in [-0.1, -0.05) is 41.9 Å². The van der Waals surface area contributed by atoms with Crippen LogP contribution in [0.2, 0.25) is 5.02 Å². The highest BCUT2D eigenvalue weighted by Crippen LogP contribution is 2.43. The Hall–Kier alpha value is -1.98. The van der Waals surface area contributed by atoms with E-state index in [4.69, 9.17) is 16.9 Å². The summed E-state index contributed by atoms with van der Waals surface area (Å²) in [4.78, 5) is 0. The van der Waals surface area contributed by atoms with Crippen molar-refractivity contribution in [3.8, 4) is 6.07 Å². The van der Waals surface area contributed by atoms with E-state index in [1.165, 1.54) is 5.56 Å². The predicted octanol–water partition coefficient (Wildman–Crippen LogP) is 4.18. The second-order valence-electron chi connectivity index (χ2n) is 4.81. The van der Waals surface area contributed by atoms with Crippen molar-refractivity contribution in [3.05, 3.63) is 64.7 Å². The van der Waals surface area contributed by atoms with Crippen LogP contribution in [0.25, 0.3) is 0 Å². The lowest BCUT2D eigenvalue weighted by Crippen LogP contribution is -2.04. The fourth-order valence-electron chi connectivity index (χ4n) is 2.32. The van der Waals surface area contributed by atoms with Gasteiger partial charge in [-0.25, -0.2) is 0 Å². The summed E-state index contributed by atoms with van der Waals surface area (Å²) in [6.45, 7) is 0. The molecule has 1 N–H and O–H groups in total. The molecule has 0 aliphatic heterocycles. The molecule has 0 radical (unpaired) electrons. The molecule has 2 nitrogen and oxygen atoms in total. The third kappa shape index (κ3) is 2.57. The minimum Gasteiger partial charge on any atom is -0.380 e.